The number of aryl methyl sites for hydroxylation is 2. The Morgan fingerprint density at radius 1 is 0.583 bits per heavy atom. The lowest BCUT2D eigenvalue weighted by Gasteiger charge is -2.18. The number of ether oxygens (including phenoxy) is 5. The van der Waals surface area contributed by atoms with Gasteiger partial charge >= 0.3 is 6.09 Å². The lowest BCUT2D eigenvalue weighted by Crippen LogP contribution is -2.31. The Hall–Kier alpha value is -4.45. The van der Waals surface area contributed by atoms with Crippen molar-refractivity contribution < 1.29 is 54.9 Å². The largest absolute Gasteiger partial charge is 0.446 e. The second kappa shape index (κ2) is 25.4. The van der Waals surface area contributed by atoms with Gasteiger partial charge in [0.15, 0.2) is 25.5 Å². The van der Waals surface area contributed by atoms with Crippen molar-refractivity contribution in [2.75, 3.05) is 77.5 Å². The molecule has 14 nitrogen and oxygen atoms in total. The van der Waals surface area contributed by atoms with E-state index in [1.54, 1.807) is 24.3 Å². The Labute approximate surface area is 354 Å². The molecule has 0 fully saturated rings. The van der Waals surface area contributed by atoms with Crippen molar-refractivity contribution in [1.82, 2.24) is 10.6 Å². The molecule has 0 heterocycles. The highest BCUT2D eigenvalue weighted by atomic mass is 32.2. The Balaban J connectivity index is 1.09. The molecule has 3 aromatic rings. The maximum Gasteiger partial charge on any atom is 0.407 e. The summed E-state index contributed by atoms with van der Waals surface area (Å²) in [7, 11) is -8.08. The van der Waals surface area contributed by atoms with Crippen molar-refractivity contribution in [2.45, 2.75) is 61.8 Å². The Morgan fingerprint density at radius 2 is 1.03 bits per heavy atom. The number of hydrogen-bond acceptors (Lipinski definition) is 12. The fourth-order valence-corrected chi connectivity index (χ4v) is 9.43. The van der Waals surface area contributed by atoms with E-state index in [4.69, 9.17) is 23.7 Å². The molecule has 16 heteroatoms. The third-order valence-corrected chi connectivity index (χ3v) is 13.2. The molecule has 1 aliphatic rings. The fraction of sp³-hybridized carbons (Fsp3) is 0.477. The number of nitrogens with one attached hydrogen (secondary N) is 2. The van der Waals surface area contributed by atoms with E-state index in [1.165, 1.54) is 48.5 Å². The SMILES string of the molecule is Cc1ccc(S(=O)(=O)CC(CS(=O)(=O)c2ccc(C)cc2)C(=O)c2ccc(C(=O)NCCOCCOCCOCCOCCNC(=O)OC3CC/C=C/CCC3)cc2)cc1. The summed E-state index contributed by atoms with van der Waals surface area (Å²) >= 11 is 0. The van der Waals surface area contributed by atoms with Crippen LogP contribution in [0.5, 0.6) is 0 Å². The van der Waals surface area contributed by atoms with Gasteiger partial charge in [0.05, 0.1) is 80.1 Å². The second-order valence-electron chi connectivity index (χ2n) is 14.5. The highest BCUT2D eigenvalue weighted by molar-refractivity contribution is 7.92. The number of allylic oxidation sites excluding steroid dienone is 2. The molecule has 0 spiro atoms. The lowest BCUT2D eigenvalue weighted by atomic mass is 9.99. The molecule has 2 amide bonds. The van der Waals surface area contributed by atoms with Crippen LogP contribution >= 0.6 is 0 Å². The van der Waals surface area contributed by atoms with Gasteiger partial charge in [-0.15, -0.1) is 0 Å². The van der Waals surface area contributed by atoms with E-state index in [9.17, 15) is 31.2 Å². The molecule has 1 aliphatic carbocycles. The molecule has 1 unspecified atom stereocenters. The number of sulfone groups is 2. The standard InChI is InChI=1S/C44H58N2O12S2/c1-34-10-18-40(19-11-34)59(50,51)32-38(33-60(52,53)41-20-12-35(2)13-21-41)42(47)36-14-16-37(17-15-36)43(48)45-22-24-54-26-28-56-30-31-57-29-27-55-25-23-46-44(49)58-39-8-6-4-3-5-7-9-39/h3-4,10-21,38-39H,5-9,22-33H2,1-2H3,(H,45,48)(H,46,49)/b4-3+. The van der Waals surface area contributed by atoms with E-state index < -0.39 is 54.9 Å². The van der Waals surface area contributed by atoms with Crippen LogP contribution in [-0.2, 0) is 43.4 Å². The van der Waals surface area contributed by atoms with Gasteiger partial charge in [-0.3, -0.25) is 9.59 Å². The second-order valence-corrected chi connectivity index (χ2v) is 18.5. The molecule has 0 bridgehead atoms. The molecule has 328 valence electrons. The van der Waals surface area contributed by atoms with Gasteiger partial charge in [0, 0.05) is 24.2 Å². The maximum atomic E-state index is 13.8. The first-order valence-electron chi connectivity index (χ1n) is 20.3. The predicted molar refractivity (Wildman–Crippen MR) is 227 cm³/mol. The number of Topliss-reactive ketones (excluding diaryl/α,β-unsaturated/α-hetero) is 1. The van der Waals surface area contributed by atoms with Gasteiger partial charge in [-0.2, -0.15) is 0 Å². The summed E-state index contributed by atoms with van der Waals surface area (Å²) in [4.78, 5) is 38.5. The lowest BCUT2D eigenvalue weighted by molar-refractivity contribution is -0.00119. The van der Waals surface area contributed by atoms with Crippen molar-refractivity contribution >= 4 is 37.5 Å². The molecule has 0 saturated carbocycles. The Kier molecular flexibility index (Phi) is 20.4. The van der Waals surface area contributed by atoms with Gasteiger partial charge < -0.3 is 34.3 Å². The number of hydrogen-bond donors (Lipinski definition) is 2. The Morgan fingerprint density at radius 3 is 1.55 bits per heavy atom. The minimum Gasteiger partial charge on any atom is -0.446 e. The summed E-state index contributed by atoms with van der Waals surface area (Å²) in [5, 5.41) is 5.45. The quantitative estimate of drug-likeness (QED) is 0.0623. The summed E-state index contributed by atoms with van der Waals surface area (Å²) < 4.78 is 81.1. The van der Waals surface area contributed by atoms with Gasteiger partial charge in [-0.25, -0.2) is 21.6 Å². The van der Waals surface area contributed by atoms with Crippen LogP contribution in [0.3, 0.4) is 0 Å². The minimum absolute atomic E-state index is 0.00815. The van der Waals surface area contributed by atoms with E-state index in [2.05, 4.69) is 22.8 Å². The van der Waals surface area contributed by atoms with Gasteiger partial charge in [-0.1, -0.05) is 59.7 Å². The average Bonchev–Trinajstić information content (AvgIpc) is 3.21. The first-order chi connectivity index (χ1) is 28.8. The topological polar surface area (TPSA) is 190 Å². The van der Waals surface area contributed by atoms with Crippen molar-refractivity contribution in [3.63, 3.8) is 0 Å². The van der Waals surface area contributed by atoms with Crippen LogP contribution in [0.4, 0.5) is 4.79 Å². The van der Waals surface area contributed by atoms with Crippen LogP contribution in [0.2, 0.25) is 0 Å². The monoisotopic (exact) mass is 870 g/mol. The zero-order valence-corrected chi connectivity index (χ0v) is 36.1. The number of carbonyl (C=O) groups is 3. The van der Waals surface area contributed by atoms with Crippen molar-refractivity contribution in [3.05, 3.63) is 107 Å². The van der Waals surface area contributed by atoms with Crippen LogP contribution in [0.15, 0.2) is 94.7 Å². The third kappa shape index (κ3) is 17.3. The molecule has 0 aromatic heterocycles. The van der Waals surface area contributed by atoms with Crippen LogP contribution in [-0.4, -0.2) is 118 Å². The highest BCUT2D eigenvalue weighted by Gasteiger charge is 2.33. The third-order valence-electron chi connectivity index (χ3n) is 9.56. The van der Waals surface area contributed by atoms with Crippen LogP contribution < -0.4 is 10.6 Å². The van der Waals surface area contributed by atoms with Crippen LogP contribution in [0, 0.1) is 19.8 Å². The summed E-state index contributed by atoms with van der Waals surface area (Å²) in [6.07, 6.45) is 8.53. The molecule has 0 saturated heterocycles. The molecule has 3 aromatic carbocycles. The maximum absolute atomic E-state index is 13.8. The predicted octanol–water partition coefficient (Wildman–Crippen LogP) is 5.46. The summed E-state index contributed by atoms with van der Waals surface area (Å²) in [6, 6.07) is 17.9. The van der Waals surface area contributed by atoms with E-state index in [-0.39, 0.29) is 40.2 Å². The molecular formula is C44H58N2O12S2. The first kappa shape index (κ1) is 48.2. The fourth-order valence-electron chi connectivity index (χ4n) is 6.20. The molecule has 0 aliphatic heterocycles. The zero-order valence-electron chi connectivity index (χ0n) is 34.5. The zero-order chi connectivity index (χ0) is 43.2. The molecule has 2 N–H and O–H groups in total. The van der Waals surface area contributed by atoms with Crippen LogP contribution in [0.1, 0.15) is 63.9 Å². The summed E-state index contributed by atoms with van der Waals surface area (Å²) in [5.41, 5.74) is 2.04. The average molecular weight is 871 g/mol. The normalized spacial score (nSPS) is 15.2. The molecule has 4 rings (SSSR count). The number of carbonyl (C=O) groups excluding carboxylic acids is 3. The number of amides is 2. The van der Waals surface area contributed by atoms with E-state index in [0.29, 0.717) is 52.8 Å². The number of ketones is 1. The molecule has 1 atom stereocenters. The van der Waals surface area contributed by atoms with Gasteiger partial charge in [0.2, 0.25) is 0 Å². The highest BCUT2D eigenvalue weighted by Crippen LogP contribution is 2.23. The van der Waals surface area contributed by atoms with Gasteiger partial charge in [-0.05, 0) is 82.3 Å². The summed E-state index contributed by atoms with van der Waals surface area (Å²) in [5.74, 6) is -3.91. The molecule has 0 radical (unpaired) electrons. The van der Waals surface area contributed by atoms with E-state index in [1.807, 2.05) is 13.8 Å². The smallest absolute Gasteiger partial charge is 0.407 e. The first-order valence-corrected chi connectivity index (χ1v) is 23.6. The minimum atomic E-state index is -4.04. The number of benzene rings is 3. The summed E-state index contributed by atoms with van der Waals surface area (Å²) in [6.45, 7) is 6.94. The van der Waals surface area contributed by atoms with Gasteiger partial charge in [0.1, 0.15) is 6.10 Å². The van der Waals surface area contributed by atoms with Crippen LogP contribution in [0.25, 0.3) is 0 Å². The van der Waals surface area contributed by atoms with E-state index >= 15 is 0 Å². The van der Waals surface area contributed by atoms with Crippen molar-refractivity contribution in [1.29, 1.82) is 0 Å². The Bertz CT molecular complexity index is 1960. The van der Waals surface area contributed by atoms with Crippen molar-refractivity contribution in [2.24, 2.45) is 5.92 Å². The number of rotatable bonds is 25. The van der Waals surface area contributed by atoms with Crippen molar-refractivity contribution in [3.8, 4) is 0 Å². The molecule has 60 heavy (non-hydrogen) atoms. The van der Waals surface area contributed by atoms with Gasteiger partial charge in [0.25, 0.3) is 5.91 Å². The number of alkyl carbamates (subject to hydrolysis) is 1. The molecular weight excluding hydrogens is 813 g/mol. The van der Waals surface area contributed by atoms with E-state index in [0.717, 1.165) is 43.2 Å².